The first-order valence-corrected chi connectivity index (χ1v) is 7.13. The van der Waals surface area contributed by atoms with Crippen LogP contribution in [0.4, 0.5) is 5.69 Å². The van der Waals surface area contributed by atoms with Crippen molar-refractivity contribution in [3.05, 3.63) is 54.0 Å². The van der Waals surface area contributed by atoms with Crippen molar-refractivity contribution in [2.75, 3.05) is 18.4 Å². The molecule has 0 radical (unpaired) electrons. The highest BCUT2D eigenvalue weighted by Crippen LogP contribution is 2.17. The Morgan fingerprint density at radius 1 is 1.26 bits per heavy atom. The van der Waals surface area contributed by atoms with Crippen molar-refractivity contribution in [1.29, 1.82) is 0 Å². The lowest BCUT2D eigenvalue weighted by atomic mass is 10.1. The zero-order valence-corrected chi connectivity index (χ0v) is 13.2. The van der Waals surface area contributed by atoms with Crippen LogP contribution in [0.25, 0.3) is 0 Å². The zero-order chi connectivity index (χ0) is 15.5. The van der Waals surface area contributed by atoms with E-state index in [0.717, 1.165) is 6.42 Å². The Balaban J connectivity index is 0.00000192. The third-order valence-electron chi connectivity index (χ3n) is 3.62. The van der Waals surface area contributed by atoms with Gasteiger partial charge >= 0.3 is 0 Å². The third-order valence-corrected chi connectivity index (χ3v) is 3.62. The molecule has 0 aliphatic carbocycles. The van der Waals surface area contributed by atoms with E-state index in [-0.39, 0.29) is 36.0 Å². The largest absolute Gasteiger partial charge is 0.459 e. The van der Waals surface area contributed by atoms with Crippen LogP contribution in [-0.2, 0) is 0 Å². The van der Waals surface area contributed by atoms with Crippen LogP contribution in [0.5, 0.6) is 0 Å². The van der Waals surface area contributed by atoms with E-state index in [1.165, 1.54) is 6.26 Å². The van der Waals surface area contributed by atoms with E-state index >= 15 is 0 Å². The average molecular weight is 336 g/mol. The molecule has 2 aromatic rings. The van der Waals surface area contributed by atoms with E-state index in [0.29, 0.717) is 24.3 Å². The summed E-state index contributed by atoms with van der Waals surface area (Å²) >= 11 is 0. The van der Waals surface area contributed by atoms with E-state index < -0.39 is 0 Å². The monoisotopic (exact) mass is 335 g/mol. The molecule has 1 aromatic heterocycles. The molecule has 0 saturated carbocycles. The molecule has 122 valence electrons. The molecule has 1 aromatic carbocycles. The highest BCUT2D eigenvalue weighted by atomic mass is 35.5. The summed E-state index contributed by atoms with van der Waals surface area (Å²) in [5.74, 6) is -0.193. The van der Waals surface area contributed by atoms with E-state index in [1.807, 2.05) is 0 Å². The van der Waals surface area contributed by atoms with E-state index in [2.05, 4.69) is 5.32 Å². The molecule has 1 aliphatic heterocycles. The number of benzene rings is 1. The van der Waals surface area contributed by atoms with Gasteiger partial charge < -0.3 is 20.4 Å². The van der Waals surface area contributed by atoms with Gasteiger partial charge in [-0.15, -0.1) is 12.4 Å². The highest BCUT2D eigenvalue weighted by Gasteiger charge is 2.24. The fourth-order valence-corrected chi connectivity index (χ4v) is 2.48. The Bertz CT molecular complexity index is 688. The molecule has 3 N–H and O–H groups in total. The molecule has 0 unspecified atom stereocenters. The number of furan rings is 1. The lowest BCUT2D eigenvalue weighted by Gasteiger charge is -2.16. The second-order valence-electron chi connectivity index (χ2n) is 5.31. The average Bonchev–Trinajstić information content (AvgIpc) is 3.18. The summed E-state index contributed by atoms with van der Waals surface area (Å²) < 4.78 is 5.04. The van der Waals surface area contributed by atoms with Crippen molar-refractivity contribution >= 4 is 29.9 Å². The Morgan fingerprint density at radius 2 is 2.09 bits per heavy atom. The molecular weight excluding hydrogens is 318 g/mol. The van der Waals surface area contributed by atoms with Gasteiger partial charge in [-0.1, -0.05) is 6.07 Å². The summed E-state index contributed by atoms with van der Waals surface area (Å²) in [5.41, 5.74) is 6.91. The van der Waals surface area contributed by atoms with Crippen LogP contribution in [-0.4, -0.2) is 35.8 Å². The molecule has 1 atom stereocenters. The Labute approximate surface area is 140 Å². The lowest BCUT2D eigenvalue weighted by molar-refractivity contribution is 0.0790. The van der Waals surface area contributed by atoms with E-state index in [4.69, 9.17) is 10.2 Å². The minimum atomic E-state index is -0.349. The van der Waals surface area contributed by atoms with Crippen LogP contribution >= 0.6 is 12.4 Å². The standard InChI is InChI=1S/C16H17N3O3.ClH/c17-12-6-7-19(10-12)16(21)11-3-1-4-13(9-11)18-15(20)14-5-2-8-22-14;/h1-5,8-9,12H,6-7,10,17H2,(H,18,20);1H/t12-;/m1./s1. The normalized spacial score (nSPS) is 16.7. The number of anilines is 1. The first kappa shape index (κ1) is 17.1. The molecule has 1 fully saturated rings. The molecule has 3 rings (SSSR count). The number of hydrogen-bond acceptors (Lipinski definition) is 4. The number of nitrogens with two attached hydrogens (primary N) is 1. The molecular formula is C16H18ClN3O3. The van der Waals surface area contributed by atoms with Crippen molar-refractivity contribution < 1.29 is 14.0 Å². The van der Waals surface area contributed by atoms with Gasteiger partial charge in [0.15, 0.2) is 5.76 Å². The number of halogens is 1. The van der Waals surface area contributed by atoms with Gasteiger partial charge in [-0.3, -0.25) is 9.59 Å². The number of hydrogen-bond donors (Lipinski definition) is 2. The molecule has 1 aliphatic rings. The fourth-order valence-electron chi connectivity index (χ4n) is 2.48. The third kappa shape index (κ3) is 3.91. The van der Waals surface area contributed by atoms with Crippen LogP contribution in [0.1, 0.15) is 27.3 Å². The molecule has 1 saturated heterocycles. The van der Waals surface area contributed by atoms with Crippen LogP contribution in [0.2, 0.25) is 0 Å². The predicted molar refractivity (Wildman–Crippen MR) is 88.8 cm³/mol. The van der Waals surface area contributed by atoms with Gasteiger partial charge in [0, 0.05) is 30.4 Å². The second kappa shape index (κ2) is 7.30. The Morgan fingerprint density at radius 3 is 2.74 bits per heavy atom. The molecule has 7 heteroatoms. The van der Waals surface area contributed by atoms with E-state index in [9.17, 15) is 9.59 Å². The minimum absolute atomic E-state index is 0. The van der Waals surface area contributed by atoms with Crippen molar-refractivity contribution in [2.45, 2.75) is 12.5 Å². The quantitative estimate of drug-likeness (QED) is 0.899. The summed E-state index contributed by atoms with van der Waals surface area (Å²) in [4.78, 5) is 26.1. The highest BCUT2D eigenvalue weighted by molar-refractivity contribution is 6.03. The van der Waals surface area contributed by atoms with Gasteiger partial charge in [-0.25, -0.2) is 0 Å². The number of rotatable bonds is 3. The summed E-state index contributed by atoms with van der Waals surface area (Å²) in [7, 11) is 0. The molecule has 23 heavy (non-hydrogen) atoms. The first-order chi connectivity index (χ1) is 10.6. The maximum atomic E-state index is 12.4. The Kier molecular flexibility index (Phi) is 5.41. The molecule has 6 nitrogen and oxygen atoms in total. The minimum Gasteiger partial charge on any atom is -0.459 e. The van der Waals surface area contributed by atoms with Crippen molar-refractivity contribution in [1.82, 2.24) is 4.90 Å². The maximum absolute atomic E-state index is 12.4. The molecule has 2 amide bonds. The first-order valence-electron chi connectivity index (χ1n) is 7.13. The van der Waals surface area contributed by atoms with Gasteiger partial charge in [0.1, 0.15) is 0 Å². The Hall–Kier alpha value is -2.31. The van der Waals surface area contributed by atoms with Gasteiger partial charge in [-0.05, 0) is 36.8 Å². The molecule has 0 spiro atoms. The van der Waals surface area contributed by atoms with Crippen LogP contribution in [0.15, 0.2) is 47.1 Å². The summed E-state index contributed by atoms with van der Waals surface area (Å²) in [5, 5.41) is 2.71. The maximum Gasteiger partial charge on any atom is 0.291 e. The van der Waals surface area contributed by atoms with Crippen molar-refractivity contribution in [3.8, 4) is 0 Å². The smallest absolute Gasteiger partial charge is 0.291 e. The fraction of sp³-hybridized carbons (Fsp3) is 0.250. The molecule has 2 heterocycles. The number of nitrogens with zero attached hydrogens (tertiary/aromatic N) is 1. The number of amides is 2. The van der Waals surface area contributed by atoms with Gasteiger partial charge in [-0.2, -0.15) is 0 Å². The van der Waals surface area contributed by atoms with Gasteiger partial charge in [0.25, 0.3) is 11.8 Å². The predicted octanol–water partition coefficient (Wildman–Crippen LogP) is 2.13. The topological polar surface area (TPSA) is 88.6 Å². The van der Waals surface area contributed by atoms with Gasteiger partial charge in [0.05, 0.1) is 6.26 Å². The number of nitrogens with one attached hydrogen (secondary N) is 1. The summed E-state index contributed by atoms with van der Waals surface area (Å²) in [6.07, 6.45) is 2.26. The SMILES string of the molecule is Cl.N[C@@H]1CCN(C(=O)c2cccc(NC(=O)c3ccco3)c2)C1. The number of carbonyl (C=O) groups is 2. The summed E-state index contributed by atoms with van der Waals surface area (Å²) in [6.45, 7) is 1.24. The van der Waals surface area contributed by atoms with Crippen molar-refractivity contribution in [3.63, 3.8) is 0 Å². The van der Waals surface area contributed by atoms with Gasteiger partial charge in [0.2, 0.25) is 0 Å². The number of carbonyl (C=O) groups excluding carboxylic acids is 2. The zero-order valence-electron chi connectivity index (χ0n) is 12.4. The van der Waals surface area contributed by atoms with Crippen molar-refractivity contribution in [2.24, 2.45) is 5.73 Å². The summed E-state index contributed by atoms with van der Waals surface area (Å²) in [6, 6.07) is 10.1. The van der Waals surface area contributed by atoms with Crippen LogP contribution in [0.3, 0.4) is 0 Å². The lowest BCUT2D eigenvalue weighted by Crippen LogP contribution is -2.31. The molecule has 0 bridgehead atoms. The number of likely N-dealkylation sites (tertiary alicyclic amines) is 1. The second-order valence-corrected chi connectivity index (χ2v) is 5.31. The van der Waals surface area contributed by atoms with Crippen LogP contribution < -0.4 is 11.1 Å². The van der Waals surface area contributed by atoms with Crippen LogP contribution in [0, 0.1) is 0 Å². The van der Waals surface area contributed by atoms with E-state index in [1.54, 1.807) is 41.3 Å².